The number of amides is 2. The minimum atomic E-state index is -0.610. The highest BCUT2D eigenvalue weighted by molar-refractivity contribution is 5.97. The summed E-state index contributed by atoms with van der Waals surface area (Å²) in [5.41, 5.74) is 0. The summed E-state index contributed by atoms with van der Waals surface area (Å²) in [4.78, 5) is 26.0. The SMILES string of the molecule is CCC(C)C1NC(=O)C(CC(C)C)N(CCF)C1=O. The summed E-state index contributed by atoms with van der Waals surface area (Å²) in [6.07, 6.45) is 1.37. The summed E-state index contributed by atoms with van der Waals surface area (Å²) in [5.74, 6) is 0.0636. The molecule has 0 aromatic carbocycles. The van der Waals surface area contributed by atoms with Crippen LogP contribution in [0.2, 0.25) is 0 Å². The Bertz CT molecular complexity index is 333. The zero-order chi connectivity index (χ0) is 14.6. The summed E-state index contributed by atoms with van der Waals surface area (Å²) in [6, 6.07) is -1.03. The van der Waals surface area contributed by atoms with Crippen LogP contribution in [0.4, 0.5) is 4.39 Å². The number of halogens is 1. The van der Waals surface area contributed by atoms with Crippen molar-refractivity contribution in [3.63, 3.8) is 0 Å². The summed E-state index contributed by atoms with van der Waals surface area (Å²) in [6.45, 7) is 7.29. The van der Waals surface area contributed by atoms with Gasteiger partial charge in [0.05, 0.1) is 0 Å². The predicted molar refractivity (Wildman–Crippen MR) is 72.3 cm³/mol. The van der Waals surface area contributed by atoms with Crippen LogP contribution in [-0.2, 0) is 9.59 Å². The Kier molecular flexibility index (Phi) is 5.76. The molecule has 2 amide bonds. The molecule has 1 aliphatic heterocycles. The predicted octanol–water partition coefficient (Wildman–Crippen LogP) is 1.74. The minimum Gasteiger partial charge on any atom is -0.342 e. The minimum absolute atomic E-state index is 0.0105. The van der Waals surface area contributed by atoms with E-state index in [1.165, 1.54) is 4.90 Å². The van der Waals surface area contributed by atoms with Crippen molar-refractivity contribution >= 4 is 11.8 Å². The molecule has 1 aliphatic rings. The lowest BCUT2D eigenvalue weighted by Gasteiger charge is -2.41. The lowest BCUT2D eigenvalue weighted by molar-refractivity contribution is -0.151. The van der Waals surface area contributed by atoms with Crippen molar-refractivity contribution in [2.75, 3.05) is 13.2 Å². The van der Waals surface area contributed by atoms with Crippen molar-refractivity contribution in [1.82, 2.24) is 10.2 Å². The number of carbonyl (C=O) groups excluding carboxylic acids is 2. The van der Waals surface area contributed by atoms with Crippen LogP contribution in [0.5, 0.6) is 0 Å². The van der Waals surface area contributed by atoms with Crippen molar-refractivity contribution in [2.24, 2.45) is 11.8 Å². The van der Waals surface area contributed by atoms with Gasteiger partial charge in [0, 0.05) is 6.54 Å². The highest BCUT2D eigenvalue weighted by atomic mass is 19.1. The van der Waals surface area contributed by atoms with Gasteiger partial charge in [-0.05, 0) is 18.3 Å². The average Bonchev–Trinajstić information content (AvgIpc) is 2.36. The van der Waals surface area contributed by atoms with Gasteiger partial charge in [-0.2, -0.15) is 0 Å². The van der Waals surface area contributed by atoms with Crippen LogP contribution in [0.15, 0.2) is 0 Å². The van der Waals surface area contributed by atoms with E-state index in [1.54, 1.807) is 0 Å². The number of hydrogen-bond acceptors (Lipinski definition) is 2. The van der Waals surface area contributed by atoms with Gasteiger partial charge in [-0.15, -0.1) is 0 Å². The fourth-order valence-corrected chi connectivity index (χ4v) is 2.44. The first-order valence-electron chi connectivity index (χ1n) is 7.09. The summed E-state index contributed by atoms with van der Waals surface area (Å²) >= 11 is 0. The Labute approximate surface area is 114 Å². The molecule has 1 fully saturated rings. The second-order valence-electron chi connectivity index (χ2n) is 5.74. The van der Waals surface area contributed by atoms with Gasteiger partial charge in [-0.1, -0.05) is 34.1 Å². The summed E-state index contributed by atoms with van der Waals surface area (Å²) in [5, 5.41) is 2.81. The third-order valence-corrected chi connectivity index (χ3v) is 3.76. The van der Waals surface area contributed by atoms with E-state index in [1.807, 2.05) is 27.7 Å². The van der Waals surface area contributed by atoms with Gasteiger partial charge in [0.15, 0.2) is 0 Å². The van der Waals surface area contributed by atoms with E-state index in [-0.39, 0.29) is 30.2 Å². The summed E-state index contributed by atoms with van der Waals surface area (Å²) in [7, 11) is 0. The van der Waals surface area contributed by atoms with Gasteiger partial charge in [-0.3, -0.25) is 9.59 Å². The largest absolute Gasteiger partial charge is 0.342 e. The molecule has 1 heterocycles. The Balaban J connectivity index is 2.92. The molecule has 4 nitrogen and oxygen atoms in total. The van der Waals surface area contributed by atoms with Crippen molar-refractivity contribution < 1.29 is 14.0 Å². The number of rotatable bonds is 6. The molecule has 5 heteroatoms. The standard InChI is InChI=1S/C14H25FN2O2/c1-5-10(4)12-14(19)17(7-6-15)11(8-9(2)3)13(18)16-12/h9-12H,5-8H2,1-4H3,(H,16,18). The fourth-order valence-electron chi connectivity index (χ4n) is 2.44. The Morgan fingerprint density at radius 3 is 2.42 bits per heavy atom. The van der Waals surface area contributed by atoms with E-state index in [9.17, 15) is 14.0 Å². The van der Waals surface area contributed by atoms with E-state index in [0.29, 0.717) is 6.42 Å². The van der Waals surface area contributed by atoms with Gasteiger partial charge in [0.25, 0.3) is 0 Å². The molecular formula is C14H25FN2O2. The topological polar surface area (TPSA) is 49.4 Å². The molecule has 0 bridgehead atoms. The van der Waals surface area contributed by atoms with Crippen molar-refractivity contribution in [2.45, 2.75) is 52.6 Å². The lowest BCUT2D eigenvalue weighted by Crippen LogP contribution is -2.65. The molecule has 0 aromatic rings. The highest BCUT2D eigenvalue weighted by Crippen LogP contribution is 2.21. The molecule has 1 saturated heterocycles. The molecule has 1 N–H and O–H groups in total. The molecule has 1 rings (SSSR count). The molecule has 3 atom stereocenters. The van der Waals surface area contributed by atoms with E-state index < -0.39 is 18.8 Å². The molecule has 110 valence electrons. The second-order valence-corrected chi connectivity index (χ2v) is 5.74. The Hall–Kier alpha value is -1.13. The van der Waals surface area contributed by atoms with Crippen molar-refractivity contribution in [3.8, 4) is 0 Å². The molecule has 0 saturated carbocycles. The molecular weight excluding hydrogens is 247 g/mol. The number of piperazine rings is 1. The van der Waals surface area contributed by atoms with Crippen molar-refractivity contribution in [3.05, 3.63) is 0 Å². The van der Waals surface area contributed by atoms with Gasteiger partial charge >= 0.3 is 0 Å². The third-order valence-electron chi connectivity index (χ3n) is 3.76. The first kappa shape index (κ1) is 15.9. The Morgan fingerprint density at radius 1 is 1.32 bits per heavy atom. The maximum Gasteiger partial charge on any atom is 0.246 e. The van der Waals surface area contributed by atoms with Gasteiger partial charge in [-0.25, -0.2) is 4.39 Å². The van der Waals surface area contributed by atoms with E-state index >= 15 is 0 Å². The normalized spacial score (nSPS) is 25.7. The van der Waals surface area contributed by atoms with Gasteiger partial charge in [0.1, 0.15) is 18.8 Å². The van der Waals surface area contributed by atoms with Crippen LogP contribution < -0.4 is 5.32 Å². The molecule has 19 heavy (non-hydrogen) atoms. The van der Waals surface area contributed by atoms with E-state index in [4.69, 9.17) is 0 Å². The molecule has 0 aromatic heterocycles. The smallest absolute Gasteiger partial charge is 0.246 e. The number of nitrogens with one attached hydrogen (secondary N) is 1. The maximum atomic E-state index is 12.7. The maximum absolute atomic E-state index is 12.7. The monoisotopic (exact) mass is 272 g/mol. The highest BCUT2D eigenvalue weighted by Gasteiger charge is 2.41. The molecule has 0 aliphatic carbocycles. The van der Waals surface area contributed by atoms with Crippen LogP contribution in [-0.4, -0.2) is 42.0 Å². The van der Waals surface area contributed by atoms with Gasteiger partial charge in [0.2, 0.25) is 11.8 Å². The van der Waals surface area contributed by atoms with Crippen LogP contribution in [0.25, 0.3) is 0 Å². The lowest BCUT2D eigenvalue weighted by atomic mass is 9.91. The number of carbonyl (C=O) groups is 2. The summed E-state index contributed by atoms with van der Waals surface area (Å²) < 4.78 is 12.7. The van der Waals surface area contributed by atoms with Crippen LogP contribution in [0.1, 0.15) is 40.5 Å². The zero-order valence-corrected chi connectivity index (χ0v) is 12.3. The number of hydrogen-bond donors (Lipinski definition) is 1. The molecule has 0 spiro atoms. The zero-order valence-electron chi connectivity index (χ0n) is 12.3. The first-order valence-corrected chi connectivity index (χ1v) is 7.09. The third kappa shape index (κ3) is 3.67. The second kappa shape index (κ2) is 6.87. The van der Waals surface area contributed by atoms with E-state index in [2.05, 4.69) is 5.32 Å². The fraction of sp³-hybridized carbons (Fsp3) is 0.857. The quantitative estimate of drug-likeness (QED) is 0.800. The van der Waals surface area contributed by atoms with Crippen LogP contribution in [0.3, 0.4) is 0 Å². The number of nitrogens with zero attached hydrogens (tertiary/aromatic N) is 1. The van der Waals surface area contributed by atoms with Crippen LogP contribution >= 0.6 is 0 Å². The molecule has 3 unspecified atom stereocenters. The van der Waals surface area contributed by atoms with Crippen molar-refractivity contribution in [1.29, 1.82) is 0 Å². The number of alkyl halides is 1. The Morgan fingerprint density at radius 2 is 1.95 bits per heavy atom. The molecule has 0 radical (unpaired) electrons. The first-order chi connectivity index (χ1) is 8.92. The van der Waals surface area contributed by atoms with E-state index in [0.717, 1.165) is 6.42 Å². The average molecular weight is 272 g/mol. The van der Waals surface area contributed by atoms with Gasteiger partial charge < -0.3 is 10.2 Å². The van der Waals surface area contributed by atoms with Crippen LogP contribution in [0, 0.1) is 11.8 Å².